The predicted octanol–water partition coefficient (Wildman–Crippen LogP) is -1.33. The number of aromatic nitrogens is 2. The number of anilines is 1. The SMILES string of the molecule is COC(=O)Nc1ccn([C@@H]2O[C@@](CO)(N=[N+]=[N-])[C@@H](O)[C@H]2O)c(=O)n1. The zero-order chi connectivity index (χ0) is 17.9. The molecule has 0 bridgehead atoms. The van der Waals surface area contributed by atoms with Crippen molar-refractivity contribution in [2.24, 2.45) is 5.11 Å². The van der Waals surface area contributed by atoms with Gasteiger partial charge in [0, 0.05) is 11.1 Å². The van der Waals surface area contributed by atoms with E-state index in [1.54, 1.807) is 0 Å². The molecule has 13 heteroatoms. The second kappa shape index (κ2) is 6.82. The van der Waals surface area contributed by atoms with Crippen LogP contribution in [0.4, 0.5) is 10.6 Å². The Balaban J connectivity index is 2.33. The van der Waals surface area contributed by atoms with Gasteiger partial charge in [-0.3, -0.25) is 9.88 Å². The minimum absolute atomic E-state index is 0.111. The molecule has 4 atom stereocenters. The summed E-state index contributed by atoms with van der Waals surface area (Å²) in [7, 11) is 1.13. The topological polar surface area (TPSA) is 192 Å². The lowest BCUT2D eigenvalue weighted by molar-refractivity contribution is -0.125. The van der Waals surface area contributed by atoms with Gasteiger partial charge in [0.05, 0.1) is 13.7 Å². The van der Waals surface area contributed by atoms with Gasteiger partial charge < -0.3 is 24.8 Å². The van der Waals surface area contributed by atoms with E-state index in [0.29, 0.717) is 0 Å². The predicted molar refractivity (Wildman–Crippen MR) is 75.6 cm³/mol. The van der Waals surface area contributed by atoms with Crippen LogP contribution >= 0.6 is 0 Å². The fourth-order valence-electron chi connectivity index (χ4n) is 2.15. The molecule has 1 aromatic rings. The maximum Gasteiger partial charge on any atom is 0.412 e. The Morgan fingerprint density at radius 3 is 2.92 bits per heavy atom. The standard InChI is InChI=1S/C11H14N6O7/c1-23-10(22)14-5-2-3-17(9(21)13-5)8-6(19)7(20)11(4-18,24-8)15-16-12/h2-3,6-8,18-20H,4H2,1H3,(H,13,14,21,22)/t6-,7+,8-,11-/m1/s1. The van der Waals surface area contributed by atoms with E-state index in [1.165, 1.54) is 6.07 Å². The molecule has 1 aromatic heterocycles. The molecule has 1 fully saturated rings. The summed E-state index contributed by atoms with van der Waals surface area (Å²) in [6.45, 7) is -0.921. The molecule has 24 heavy (non-hydrogen) atoms. The van der Waals surface area contributed by atoms with E-state index in [0.717, 1.165) is 17.9 Å². The number of methoxy groups -OCH3 is 1. The van der Waals surface area contributed by atoms with Crippen LogP contribution in [0.1, 0.15) is 6.23 Å². The van der Waals surface area contributed by atoms with Gasteiger partial charge in [0.25, 0.3) is 0 Å². The molecule has 0 spiro atoms. The van der Waals surface area contributed by atoms with Crippen LogP contribution in [0.2, 0.25) is 0 Å². The van der Waals surface area contributed by atoms with Crippen LogP contribution in [0, 0.1) is 0 Å². The van der Waals surface area contributed by atoms with Gasteiger partial charge in [-0.2, -0.15) is 4.98 Å². The van der Waals surface area contributed by atoms with Crippen LogP contribution in [0.3, 0.4) is 0 Å². The summed E-state index contributed by atoms with van der Waals surface area (Å²) in [4.78, 5) is 29.1. The number of nitrogens with one attached hydrogen (secondary N) is 1. The molecule has 1 amide bonds. The molecule has 0 aromatic carbocycles. The van der Waals surface area contributed by atoms with Gasteiger partial charge in [-0.05, 0) is 11.6 Å². The Morgan fingerprint density at radius 1 is 1.67 bits per heavy atom. The summed E-state index contributed by atoms with van der Waals surface area (Å²) in [5.74, 6) is -0.111. The second-order valence-electron chi connectivity index (χ2n) is 4.76. The number of azide groups is 1. The minimum atomic E-state index is -2.14. The number of hydrogen-bond donors (Lipinski definition) is 4. The molecule has 1 aliphatic heterocycles. The van der Waals surface area contributed by atoms with E-state index in [1.807, 2.05) is 0 Å². The van der Waals surface area contributed by atoms with Crippen LogP contribution in [-0.4, -0.2) is 62.6 Å². The molecule has 0 aliphatic carbocycles. The molecular weight excluding hydrogens is 328 g/mol. The van der Waals surface area contributed by atoms with Crippen molar-refractivity contribution >= 4 is 11.9 Å². The van der Waals surface area contributed by atoms with Crippen LogP contribution < -0.4 is 11.0 Å². The van der Waals surface area contributed by atoms with Crippen molar-refractivity contribution in [1.29, 1.82) is 0 Å². The Morgan fingerprint density at radius 2 is 2.38 bits per heavy atom. The van der Waals surface area contributed by atoms with E-state index in [-0.39, 0.29) is 5.82 Å². The van der Waals surface area contributed by atoms with E-state index in [9.17, 15) is 24.9 Å². The summed E-state index contributed by atoms with van der Waals surface area (Å²) in [6, 6.07) is 1.22. The Bertz CT molecular complexity index is 732. The molecule has 4 N–H and O–H groups in total. The monoisotopic (exact) mass is 342 g/mol. The zero-order valence-electron chi connectivity index (χ0n) is 12.3. The van der Waals surface area contributed by atoms with Gasteiger partial charge in [-0.1, -0.05) is 5.11 Å². The van der Waals surface area contributed by atoms with Crippen LogP contribution in [0.25, 0.3) is 10.4 Å². The number of aliphatic hydroxyl groups is 3. The summed E-state index contributed by atoms with van der Waals surface area (Å²) >= 11 is 0. The fourth-order valence-corrected chi connectivity index (χ4v) is 2.15. The normalized spacial score (nSPS) is 28.9. The molecular formula is C11H14N6O7. The molecule has 2 heterocycles. The Kier molecular flexibility index (Phi) is 5.02. The zero-order valence-corrected chi connectivity index (χ0v) is 12.3. The number of aliphatic hydroxyl groups excluding tert-OH is 3. The second-order valence-corrected chi connectivity index (χ2v) is 4.76. The molecule has 0 unspecified atom stereocenters. The quantitative estimate of drug-likeness (QED) is 0.293. The third kappa shape index (κ3) is 3.02. The number of amides is 1. The first-order chi connectivity index (χ1) is 11.4. The van der Waals surface area contributed by atoms with Gasteiger partial charge in [0.2, 0.25) is 5.72 Å². The molecule has 0 saturated carbocycles. The lowest BCUT2D eigenvalue weighted by atomic mass is 10.1. The smallest absolute Gasteiger partial charge is 0.412 e. The highest BCUT2D eigenvalue weighted by atomic mass is 16.6. The van der Waals surface area contributed by atoms with Gasteiger partial charge in [0.15, 0.2) is 6.23 Å². The van der Waals surface area contributed by atoms with Gasteiger partial charge in [-0.15, -0.1) is 0 Å². The van der Waals surface area contributed by atoms with Crippen molar-refractivity contribution < 1.29 is 29.6 Å². The van der Waals surface area contributed by atoms with Crippen molar-refractivity contribution in [2.45, 2.75) is 24.2 Å². The third-order valence-corrected chi connectivity index (χ3v) is 3.36. The number of carbonyl (C=O) groups is 1. The Hall–Kier alpha value is -2.70. The summed E-state index contributed by atoms with van der Waals surface area (Å²) in [5, 5.41) is 34.6. The van der Waals surface area contributed by atoms with Gasteiger partial charge in [-0.25, -0.2) is 9.59 Å². The number of carbonyl (C=O) groups excluding carboxylic acids is 1. The molecule has 0 radical (unpaired) electrons. The lowest BCUT2D eigenvalue weighted by Crippen LogP contribution is -2.44. The van der Waals surface area contributed by atoms with Crippen molar-refractivity contribution in [3.8, 4) is 0 Å². The van der Waals surface area contributed by atoms with Crippen molar-refractivity contribution in [3.05, 3.63) is 33.2 Å². The molecule has 130 valence electrons. The van der Waals surface area contributed by atoms with Crippen molar-refractivity contribution in [1.82, 2.24) is 9.55 Å². The first-order valence-electron chi connectivity index (χ1n) is 6.53. The number of rotatable bonds is 4. The van der Waals surface area contributed by atoms with Gasteiger partial charge >= 0.3 is 11.8 Å². The van der Waals surface area contributed by atoms with E-state index in [4.69, 9.17) is 10.3 Å². The average Bonchev–Trinajstić information content (AvgIpc) is 2.81. The summed E-state index contributed by atoms with van der Waals surface area (Å²) in [5.41, 5.74) is 5.45. The maximum atomic E-state index is 12.0. The first-order valence-corrected chi connectivity index (χ1v) is 6.53. The number of nitrogens with zero attached hydrogens (tertiary/aromatic N) is 5. The highest BCUT2D eigenvalue weighted by Gasteiger charge is 2.54. The van der Waals surface area contributed by atoms with E-state index < -0.39 is 42.6 Å². The maximum absolute atomic E-state index is 12.0. The fraction of sp³-hybridized carbons (Fsp3) is 0.545. The molecule has 2 rings (SSSR count). The molecule has 1 saturated heterocycles. The van der Waals surface area contributed by atoms with Crippen molar-refractivity contribution in [3.63, 3.8) is 0 Å². The summed E-state index contributed by atoms with van der Waals surface area (Å²) < 4.78 is 10.4. The Labute approximate surface area is 133 Å². The largest absolute Gasteiger partial charge is 0.453 e. The molecule has 1 aliphatic rings. The van der Waals surface area contributed by atoms with E-state index >= 15 is 0 Å². The van der Waals surface area contributed by atoms with Crippen molar-refractivity contribution in [2.75, 3.05) is 19.0 Å². The third-order valence-electron chi connectivity index (χ3n) is 3.36. The first kappa shape index (κ1) is 17.7. The van der Waals surface area contributed by atoms with Crippen LogP contribution in [0.15, 0.2) is 22.2 Å². The highest BCUT2D eigenvalue weighted by Crippen LogP contribution is 2.37. The highest BCUT2D eigenvalue weighted by molar-refractivity contribution is 5.82. The molecule has 13 nitrogen and oxygen atoms in total. The van der Waals surface area contributed by atoms with Gasteiger partial charge in [0.1, 0.15) is 18.0 Å². The number of ether oxygens (including phenoxy) is 2. The van der Waals surface area contributed by atoms with E-state index in [2.05, 4.69) is 25.1 Å². The summed E-state index contributed by atoms with van der Waals surface area (Å²) in [6.07, 6.45) is -4.63. The minimum Gasteiger partial charge on any atom is -0.453 e. The lowest BCUT2D eigenvalue weighted by Gasteiger charge is -2.23. The van der Waals surface area contributed by atoms with Crippen LogP contribution in [0.5, 0.6) is 0 Å². The van der Waals surface area contributed by atoms with Crippen LogP contribution in [-0.2, 0) is 9.47 Å². The number of hydrogen-bond acceptors (Lipinski definition) is 9. The average molecular weight is 342 g/mol.